The Morgan fingerprint density at radius 3 is 2.54 bits per heavy atom. The van der Waals surface area contributed by atoms with Crippen LogP contribution in [0.5, 0.6) is 0 Å². The Balaban J connectivity index is 1.43. The molecule has 0 aromatic heterocycles. The fourth-order valence-corrected chi connectivity index (χ4v) is 8.61. The molecule has 0 amide bonds. The summed E-state index contributed by atoms with van der Waals surface area (Å²) in [5, 5.41) is 21.3. The SMILES string of the molecule is C[C@]12C=CC(=O)C=C1[C@@H](F)C[C@H]1C3C[C@H]4O[C@@H](C5CC(F)C5)O[C@@]4(C(=O)CO)[C@@]3(C)C[C@H](O)[C@@]12F. The van der Waals surface area contributed by atoms with Gasteiger partial charge >= 0.3 is 0 Å². The minimum absolute atomic E-state index is 0.0315. The highest BCUT2D eigenvalue weighted by Gasteiger charge is 2.80. The Hall–Kier alpha value is -1.55. The fourth-order valence-electron chi connectivity index (χ4n) is 8.61. The second kappa shape index (κ2) is 7.27. The van der Waals surface area contributed by atoms with Crippen LogP contribution in [-0.2, 0) is 19.1 Å². The molecule has 192 valence electrons. The van der Waals surface area contributed by atoms with Crippen molar-refractivity contribution in [3.63, 3.8) is 0 Å². The largest absolute Gasteiger partial charge is 0.390 e. The Morgan fingerprint density at radius 2 is 1.89 bits per heavy atom. The average molecular weight is 497 g/mol. The van der Waals surface area contributed by atoms with Crippen LogP contribution in [0.25, 0.3) is 0 Å². The number of aliphatic hydroxyl groups excluding tert-OH is 2. The molecule has 1 heterocycles. The first-order valence-corrected chi connectivity index (χ1v) is 12.5. The number of ketones is 2. The maximum atomic E-state index is 17.3. The Labute approximate surface area is 201 Å². The Morgan fingerprint density at radius 1 is 1.17 bits per heavy atom. The highest BCUT2D eigenvalue weighted by atomic mass is 19.1. The zero-order valence-corrected chi connectivity index (χ0v) is 19.8. The van der Waals surface area contributed by atoms with Crippen molar-refractivity contribution in [2.24, 2.45) is 28.6 Å². The van der Waals surface area contributed by atoms with Crippen molar-refractivity contribution in [2.75, 3.05) is 6.61 Å². The van der Waals surface area contributed by atoms with Crippen LogP contribution in [0, 0.1) is 28.6 Å². The third-order valence-electron chi connectivity index (χ3n) is 10.4. The number of fused-ring (bicyclic) bond motifs is 7. The molecule has 0 radical (unpaired) electrons. The first-order chi connectivity index (χ1) is 16.4. The maximum absolute atomic E-state index is 17.3. The molecule has 0 bridgehead atoms. The third kappa shape index (κ3) is 2.66. The summed E-state index contributed by atoms with van der Waals surface area (Å²) < 4.78 is 58.8. The topological polar surface area (TPSA) is 93.1 Å². The van der Waals surface area contributed by atoms with Gasteiger partial charge in [0.25, 0.3) is 0 Å². The van der Waals surface area contributed by atoms with Gasteiger partial charge in [-0.05, 0) is 62.7 Å². The quantitative estimate of drug-likeness (QED) is 0.624. The van der Waals surface area contributed by atoms with E-state index in [1.165, 1.54) is 19.1 Å². The summed E-state index contributed by atoms with van der Waals surface area (Å²) in [5.41, 5.74) is -6.55. The lowest BCUT2D eigenvalue weighted by molar-refractivity contribution is -0.242. The molecule has 4 saturated carbocycles. The maximum Gasteiger partial charge on any atom is 0.193 e. The molecular weight excluding hydrogens is 465 g/mol. The molecule has 6 nitrogen and oxygen atoms in total. The molecule has 1 unspecified atom stereocenters. The molecule has 6 aliphatic rings. The van der Waals surface area contributed by atoms with Crippen molar-refractivity contribution < 1.29 is 42.4 Å². The Bertz CT molecular complexity index is 1040. The van der Waals surface area contributed by atoms with Gasteiger partial charge in [-0.1, -0.05) is 13.0 Å². The molecule has 9 heteroatoms. The number of ether oxygens (including phenoxy) is 2. The van der Waals surface area contributed by atoms with Crippen LogP contribution >= 0.6 is 0 Å². The lowest BCUT2D eigenvalue weighted by atomic mass is 9.44. The van der Waals surface area contributed by atoms with E-state index in [0.29, 0.717) is 0 Å². The summed E-state index contributed by atoms with van der Waals surface area (Å²) in [6.45, 7) is 2.43. The lowest BCUT2D eigenvalue weighted by Gasteiger charge is -2.63. The third-order valence-corrected chi connectivity index (χ3v) is 10.4. The predicted octanol–water partition coefficient (Wildman–Crippen LogP) is 2.70. The Kier molecular flexibility index (Phi) is 4.95. The summed E-state index contributed by atoms with van der Waals surface area (Å²) in [6, 6.07) is 0. The van der Waals surface area contributed by atoms with E-state index in [0.717, 1.165) is 6.08 Å². The zero-order chi connectivity index (χ0) is 25.1. The molecule has 10 atom stereocenters. The number of hydrogen-bond acceptors (Lipinski definition) is 6. The van der Waals surface area contributed by atoms with Gasteiger partial charge in [-0.2, -0.15) is 0 Å². The standard InChI is InChI=1S/C26H31F3O6/c1-23-4-3-14(31)7-17(23)18(28)8-16-15-9-21-26(20(33)11-30,24(15,2)10-19(32)25(16,23)29)35-22(34-21)12-5-13(27)6-12/h3-4,7,12-13,15-16,18-19,21-22,30,32H,5-6,8-11H2,1-2H3/t12?,13?,15?,16-,18-,19-,21+,22+,23-,24-,25-,26+/m0/s1. The molecular formula is C26H31F3O6. The van der Waals surface area contributed by atoms with Gasteiger partial charge in [0.2, 0.25) is 0 Å². The van der Waals surface area contributed by atoms with Crippen LogP contribution in [0.3, 0.4) is 0 Å². The number of aliphatic hydroxyl groups is 2. The molecule has 2 N–H and O–H groups in total. The smallest absolute Gasteiger partial charge is 0.193 e. The minimum atomic E-state index is -2.28. The first-order valence-electron chi connectivity index (χ1n) is 12.5. The van der Waals surface area contributed by atoms with E-state index in [2.05, 4.69) is 0 Å². The van der Waals surface area contributed by atoms with E-state index in [-0.39, 0.29) is 43.6 Å². The second-order valence-corrected chi connectivity index (χ2v) is 11.9. The van der Waals surface area contributed by atoms with Crippen LogP contribution < -0.4 is 0 Å². The van der Waals surface area contributed by atoms with Crippen LogP contribution in [0.15, 0.2) is 23.8 Å². The highest BCUT2D eigenvalue weighted by Crippen LogP contribution is 2.72. The number of carbonyl (C=O) groups is 2. The highest BCUT2D eigenvalue weighted by molar-refractivity contribution is 6.01. The predicted molar refractivity (Wildman–Crippen MR) is 116 cm³/mol. The zero-order valence-electron chi connectivity index (χ0n) is 19.8. The molecule has 0 aromatic rings. The van der Waals surface area contributed by atoms with E-state index < -0.39 is 83.0 Å². The average Bonchev–Trinajstić information content (AvgIpc) is 3.28. The van der Waals surface area contributed by atoms with Crippen molar-refractivity contribution in [1.82, 2.24) is 0 Å². The van der Waals surface area contributed by atoms with Gasteiger partial charge in [0.05, 0.1) is 12.2 Å². The normalized spacial score (nSPS) is 56.4. The molecule has 35 heavy (non-hydrogen) atoms. The molecule has 6 rings (SSSR count). The molecule has 1 saturated heterocycles. The molecule has 0 spiro atoms. The summed E-state index contributed by atoms with van der Waals surface area (Å²) in [4.78, 5) is 25.3. The summed E-state index contributed by atoms with van der Waals surface area (Å²) in [6.07, 6.45) is -1.77. The van der Waals surface area contributed by atoms with Gasteiger partial charge in [-0.25, -0.2) is 13.2 Å². The molecule has 0 aromatic carbocycles. The molecule has 5 fully saturated rings. The number of halogens is 3. The van der Waals surface area contributed by atoms with Gasteiger partial charge < -0.3 is 19.7 Å². The number of Topliss-reactive ketones (excluding diaryl/α,β-unsaturated/α-hetero) is 1. The number of alkyl halides is 3. The second-order valence-electron chi connectivity index (χ2n) is 11.9. The number of carbonyl (C=O) groups excluding carboxylic acids is 2. The van der Waals surface area contributed by atoms with Crippen LogP contribution in [0.2, 0.25) is 0 Å². The van der Waals surface area contributed by atoms with E-state index in [9.17, 15) is 24.2 Å². The van der Waals surface area contributed by atoms with E-state index in [4.69, 9.17) is 9.47 Å². The van der Waals surface area contributed by atoms with Gasteiger partial charge in [-0.3, -0.25) is 9.59 Å². The lowest BCUT2D eigenvalue weighted by Crippen LogP contribution is -2.71. The summed E-state index contributed by atoms with van der Waals surface area (Å²) in [5.74, 6) is -2.83. The van der Waals surface area contributed by atoms with Gasteiger partial charge in [0.1, 0.15) is 19.0 Å². The van der Waals surface area contributed by atoms with Gasteiger partial charge in [-0.15, -0.1) is 0 Å². The van der Waals surface area contributed by atoms with Crippen LogP contribution in [0.1, 0.15) is 46.0 Å². The number of rotatable bonds is 3. The summed E-state index contributed by atoms with van der Waals surface area (Å²) in [7, 11) is 0. The van der Waals surface area contributed by atoms with E-state index in [1.54, 1.807) is 6.92 Å². The monoisotopic (exact) mass is 496 g/mol. The number of hydrogen-bond donors (Lipinski definition) is 2. The number of allylic oxidation sites excluding steroid dienone is 4. The van der Waals surface area contributed by atoms with Gasteiger partial charge in [0.15, 0.2) is 29.1 Å². The van der Waals surface area contributed by atoms with Crippen molar-refractivity contribution in [3.05, 3.63) is 23.8 Å². The first kappa shape index (κ1) is 23.8. The summed E-state index contributed by atoms with van der Waals surface area (Å²) >= 11 is 0. The minimum Gasteiger partial charge on any atom is -0.390 e. The van der Waals surface area contributed by atoms with Gasteiger partial charge in [0, 0.05) is 22.7 Å². The molecule has 1 aliphatic heterocycles. The van der Waals surface area contributed by atoms with E-state index >= 15 is 8.78 Å². The van der Waals surface area contributed by atoms with Crippen LogP contribution in [0.4, 0.5) is 13.2 Å². The van der Waals surface area contributed by atoms with Crippen molar-refractivity contribution >= 4 is 11.6 Å². The van der Waals surface area contributed by atoms with Crippen molar-refractivity contribution in [2.45, 2.75) is 88.1 Å². The van der Waals surface area contributed by atoms with Crippen molar-refractivity contribution in [3.8, 4) is 0 Å². The van der Waals surface area contributed by atoms with Crippen LogP contribution in [-0.4, -0.2) is 70.5 Å². The fraction of sp³-hybridized carbons (Fsp3) is 0.769. The van der Waals surface area contributed by atoms with E-state index in [1.807, 2.05) is 0 Å². The van der Waals surface area contributed by atoms with Crippen molar-refractivity contribution in [1.29, 1.82) is 0 Å². The molecule has 5 aliphatic carbocycles.